The fourth-order valence-electron chi connectivity index (χ4n) is 2.73. The minimum Gasteiger partial charge on any atom is -0.469 e. The number of hydrogen-bond acceptors (Lipinski definition) is 7. The molecule has 1 atom stereocenters. The Bertz CT molecular complexity index is 643. The molecule has 27 heavy (non-hydrogen) atoms. The Morgan fingerprint density at radius 1 is 1.30 bits per heavy atom. The Morgan fingerprint density at radius 2 is 2.04 bits per heavy atom. The van der Waals surface area contributed by atoms with E-state index < -0.39 is 0 Å². The summed E-state index contributed by atoms with van der Waals surface area (Å²) in [6.07, 6.45) is 4.99. The molecule has 2 rings (SSSR count). The molecule has 1 fully saturated rings. The molecule has 1 saturated heterocycles. The van der Waals surface area contributed by atoms with Gasteiger partial charge >= 0.3 is 5.97 Å². The Balaban J connectivity index is 2.06. The Labute approximate surface area is 163 Å². The number of rotatable bonds is 8. The zero-order chi connectivity index (χ0) is 19.6. The first-order valence-electron chi connectivity index (χ1n) is 8.65. The van der Waals surface area contributed by atoms with E-state index in [0.717, 1.165) is 5.56 Å². The van der Waals surface area contributed by atoms with Crippen molar-refractivity contribution < 1.29 is 23.9 Å². The molecule has 2 amide bonds. The number of thioether (sulfide) groups is 1. The molecule has 0 aliphatic carbocycles. The van der Waals surface area contributed by atoms with Crippen molar-refractivity contribution in [2.75, 3.05) is 45.3 Å². The third kappa shape index (κ3) is 6.84. The first-order valence-corrected chi connectivity index (χ1v) is 10.0. The summed E-state index contributed by atoms with van der Waals surface area (Å²) in [6.45, 7) is 1.26. The fraction of sp³-hybridized carbons (Fsp3) is 0.556. The second kappa shape index (κ2) is 10.9. The van der Waals surface area contributed by atoms with Crippen LogP contribution in [0.4, 0.5) is 0 Å². The normalized spacial score (nSPS) is 17.6. The summed E-state index contributed by atoms with van der Waals surface area (Å²) in [5, 5.41) is 0. The monoisotopic (exact) mass is 395 g/mol. The van der Waals surface area contributed by atoms with Crippen molar-refractivity contribution in [2.24, 2.45) is 0 Å². The SMILES string of the molecule is COC(=O)CCN1C[C@@H](OCc2ccncc2)CN(C(=O)CSC)CC1=O. The molecular weight excluding hydrogens is 370 g/mol. The number of pyridine rings is 1. The van der Waals surface area contributed by atoms with E-state index in [1.54, 1.807) is 17.3 Å². The molecule has 148 valence electrons. The number of carbonyl (C=O) groups is 3. The lowest BCUT2D eigenvalue weighted by atomic mass is 10.2. The number of nitrogens with zero attached hydrogens (tertiary/aromatic N) is 3. The van der Waals surface area contributed by atoms with Gasteiger partial charge < -0.3 is 19.3 Å². The average Bonchev–Trinajstić information content (AvgIpc) is 2.84. The number of esters is 1. The van der Waals surface area contributed by atoms with Crippen molar-refractivity contribution in [1.29, 1.82) is 0 Å². The molecule has 0 spiro atoms. The van der Waals surface area contributed by atoms with Gasteiger partial charge in [-0.25, -0.2) is 0 Å². The van der Waals surface area contributed by atoms with Gasteiger partial charge in [-0.05, 0) is 24.0 Å². The molecule has 0 bridgehead atoms. The van der Waals surface area contributed by atoms with Gasteiger partial charge in [-0.2, -0.15) is 11.8 Å². The molecule has 2 heterocycles. The van der Waals surface area contributed by atoms with E-state index in [1.807, 2.05) is 18.4 Å². The minimum absolute atomic E-state index is 0.00428. The van der Waals surface area contributed by atoms with Crippen molar-refractivity contribution in [3.8, 4) is 0 Å². The molecule has 9 heteroatoms. The molecule has 0 unspecified atom stereocenters. The molecule has 1 aromatic heterocycles. The topological polar surface area (TPSA) is 89.0 Å². The third-order valence-electron chi connectivity index (χ3n) is 4.20. The number of hydrogen-bond donors (Lipinski definition) is 0. The van der Waals surface area contributed by atoms with Crippen LogP contribution < -0.4 is 0 Å². The van der Waals surface area contributed by atoms with E-state index in [4.69, 9.17) is 4.74 Å². The van der Waals surface area contributed by atoms with E-state index in [0.29, 0.717) is 25.4 Å². The standard InChI is InChI=1S/C18H25N3O5S/c1-25-18(24)5-8-20-9-15(26-12-14-3-6-19-7-4-14)10-21(11-16(20)22)17(23)13-27-2/h3-4,6-7,15H,5,8-13H2,1-2H3/t15-/m1/s1. The molecule has 1 aromatic rings. The summed E-state index contributed by atoms with van der Waals surface area (Å²) in [5.41, 5.74) is 0.962. The van der Waals surface area contributed by atoms with Gasteiger partial charge in [0, 0.05) is 32.0 Å². The predicted molar refractivity (Wildman–Crippen MR) is 101 cm³/mol. The maximum Gasteiger partial charge on any atom is 0.307 e. The number of carbonyl (C=O) groups excluding carboxylic acids is 3. The first-order chi connectivity index (χ1) is 13.0. The van der Waals surface area contributed by atoms with Gasteiger partial charge in [0.25, 0.3) is 0 Å². The fourth-order valence-corrected chi connectivity index (χ4v) is 3.16. The number of ether oxygens (including phenoxy) is 2. The van der Waals surface area contributed by atoms with E-state index in [-0.39, 0.29) is 43.4 Å². The average molecular weight is 395 g/mol. The Hall–Kier alpha value is -2.13. The summed E-state index contributed by atoms with van der Waals surface area (Å²) in [6, 6.07) is 3.71. The highest BCUT2D eigenvalue weighted by atomic mass is 32.2. The summed E-state index contributed by atoms with van der Waals surface area (Å²) in [4.78, 5) is 43.4. The highest BCUT2D eigenvalue weighted by Crippen LogP contribution is 2.13. The van der Waals surface area contributed by atoms with Crippen LogP contribution in [0.2, 0.25) is 0 Å². The largest absolute Gasteiger partial charge is 0.469 e. The number of methoxy groups -OCH3 is 1. The second-order valence-corrected chi connectivity index (χ2v) is 7.03. The molecule has 0 N–H and O–H groups in total. The van der Waals surface area contributed by atoms with Crippen LogP contribution in [0.25, 0.3) is 0 Å². The van der Waals surface area contributed by atoms with Crippen molar-refractivity contribution in [1.82, 2.24) is 14.8 Å². The molecule has 0 radical (unpaired) electrons. The lowest BCUT2D eigenvalue weighted by molar-refractivity contribution is -0.142. The van der Waals surface area contributed by atoms with Crippen LogP contribution in [-0.2, 0) is 30.5 Å². The van der Waals surface area contributed by atoms with Gasteiger partial charge in [-0.1, -0.05) is 0 Å². The van der Waals surface area contributed by atoms with Gasteiger partial charge in [0.2, 0.25) is 11.8 Å². The lowest BCUT2D eigenvalue weighted by Crippen LogP contribution is -2.40. The molecular formula is C18H25N3O5S. The Kier molecular flexibility index (Phi) is 8.53. The van der Waals surface area contributed by atoms with Crippen molar-refractivity contribution in [2.45, 2.75) is 19.1 Å². The maximum absolute atomic E-state index is 12.6. The van der Waals surface area contributed by atoms with Gasteiger partial charge in [0.15, 0.2) is 0 Å². The van der Waals surface area contributed by atoms with E-state index in [9.17, 15) is 14.4 Å². The van der Waals surface area contributed by atoms with Crippen LogP contribution in [0.15, 0.2) is 24.5 Å². The molecule has 1 aliphatic heterocycles. The minimum atomic E-state index is -0.378. The maximum atomic E-state index is 12.6. The van der Waals surface area contributed by atoms with Crippen LogP contribution in [-0.4, -0.2) is 84.0 Å². The Morgan fingerprint density at radius 3 is 2.70 bits per heavy atom. The van der Waals surface area contributed by atoms with Crippen LogP contribution in [0.1, 0.15) is 12.0 Å². The zero-order valence-corrected chi connectivity index (χ0v) is 16.4. The van der Waals surface area contributed by atoms with Crippen molar-refractivity contribution in [3.05, 3.63) is 30.1 Å². The highest BCUT2D eigenvalue weighted by Gasteiger charge is 2.30. The van der Waals surface area contributed by atoms with Crippen LogP contribution >= 0.6 is 11.8 Å². The summed E-state index contributed by atoms with van der Waals surface area (Å²) >= 11 is 1.42. The summed E-state index contributed by atoms with van der Waals surface area (Å²) in [7, 11) is 1.32. The van der Waals surface area contributed by atoms with E-state index in [1.165, 1.54) is 23.8 Å². The first kappa shape index (κ1) is 21.2. The summed E-state index contributed by atoms with van der Waals surface area (Å²) < 4.78 is 10.6. The quantitative estimate of drug-likeness (QED) is 0.594. The molecule has 0 aromatic carbocycles. The van der Waals surface area contributed by atoms with Crippen molar-refractivity contribution >= 4 is 29.5 Å². The van der Waals surface area contributed by atoms with Gasteiger partial charge in [-0.3, -0.25) is 19.4 Å². The number of amides is 2. The smallest absolute Gasteiger partial charge is 0.307 e. The van der Waals surface area contributed by atoms with Gasteiger partial charge in [0.05, 0.1) is 38.5 Å². The summed E-state index contributed by atoms with van der Waals surface area (Å²) in [5.74, 6) is -0.352. The zero-order valence-electron chi connectivity index (χ0n) is 15.6. The van der Waals surface area contributed by atoms with Crippen LogP contribution in [0, 0.1) is 0 Å². The molecule has 8 nitrogen and oxygen atoms in total. The van der Waals surface area contributed by atoms with Gasteiger partial charge in [0.1, 0.15) is 0 Å². The van der Waals surface area contributed by atoms with Crippen LogP contribution in [0.5, 0.6) is 0 Å². The second-order valence-electron chi connectivity index (χ2n) is 6.16. The number of aromatic nitrogens is 1. The van der Waals surface area contributed by atoms with E-state index >= 15 is 0 Å². The third-order valence-corrected chi connectivity index (χ3v) is 4.73. The molecule has 1 aliphatic rings. The van der Waals surface area contributed by atoms with Crippen molar-refractivity contribution in [3.63, 3.8) is 0 Å². The lowest BCUT2D eigenvalue weighted by Gasteiger charge is -2.24. The van der Waals surface area contributed by atoms with Crippen LogP contribution in [0.3, 0.4) is 0 Å². The molecule has 0 saturated carbocycles. The van der Waals surface area contributed by atoms with Gasteiger partial charge in [-0.15, -0.1) is 0 Å². The highest BCUT2D eigenvalue weighted by molar-refractivity contribution is 7.99. The van der Waals surface area contributed by atoms with E-state index in [2.05, 4.69) is 9.72 Å². The predicted octanol–water partition coefficient (Wildman–Crippen LogP) is 0.564.